The molecule has 62 heavy (non-hydrogen) atoms. The van der Waals surface area contributed by atoms with E-state index in [-0.39, 0.29) is 58.2 Å². The molecule has 6 rings (SSSR count). The van der Waals surface area contributed by atoms with Gasteiger partial charge in [-0.05, 0) is 101 Å². The van der Waals surface area contributed by atoms with Crippen LogP contribution in [0.25, 0.3) is 0 Å². The van der Waals surface area contributed by atoms with Crippen molar-refractivity contribution in [3.8, 4) is 23.0 Å². The van der Waals surface area contributed by atoms with Gasteiger partial charge in [0.2, 0.25) is 0 Å². The Kier molecular flexibility index (Phi) is 13.5. The molecule has 0 atom stereocenters. The van der Waals surface area contributed by atoms with Crippen LogP contribution in [-0.2, 0) is 56.9 Å². The molecular formula is C54H72N2O6. The number of hydrogen-bond acceptors (Lipinski definition) is 6. The molecule has 10 bridgehead atoms. The first-order valence-corrected chi connectivity index (χ1v) is 22.7. The molecule has 0 unspecified atom stereocenters. The monoisotopic (exact) mass is 845 g/mol. The molecule has 0 fully saturated rings. The maximum atomic E-state index is 13.4. The number of ether oxygens (including phenoxy) is 2. The predicted octanol–water partition coefficient (Wildman–Crippen LogP) is 10.5. The van der Waals surface area contributed by atoms with E-state index in [1.54, 1.807) is 0 Å². The number of fused-ring (bicyclic) bond motifs is 2. The second-order valence-corrected chi connectivity index (χ2v) is 21.9. The van der Waals surface area contributed by atoms with Crippen LogP contribution in [0.3, 0.4) is 0 Å². The lowest BCUT2D eigenvalue weighted by Crippen LogP contribution is -2.30. The van der Waals surface area contributed by atoms with Crippen LogP contribution in [0.1, 0.15) is 176 Å². The van der Waals surface area contributed by atoms with E-state index in [9.17, 15) is 19.8 Å². The number of amides is 2. The molecule has 8 heteroatoms. The van der Waals surface area contributed by atoms with Crippen LogP contribution in [0, 0.1) is 0 Å². The summed E-state index contributed by atoms with van der Waals surface area (Å²) in [6.07, 6.45) is 4.82. The van der Waals surface area contributed by atoms with Gasteiger partial charge in [0, 0.05) is 38.8 Å². The Morgan fingerprint density at radius 3 is 0.887 bits per heavy atom. The van der Waals surface area contributed by atoms with Crippen molar-refractivity contribution in [3.05, 3.63) is 115 Å². The summed E-state index contributed by atoms with van der Waals surface area (Å²) in [5.74, 6) is 1.16. The molecule has 0 radical (unpaired) electrons. The van der Waals surface area contributed by atoms with Crippen molar-refractivity contribution in [3.63, 3.8) is 0 Å². The maximum Gasteiger partial charge on any atom is 0.257 e. The van der Waals surface area contributed by atoms with Gasteiger partial charge in [0.15, 0.2) is 13.2 Å². The fourth-order valence-corrected chi connectivity index (χ4v) is 8.45. The number of phenolic OH excluding ortho intramolecular Hbond substituents is 2. The predicted molar refractivity (Wildman–Crippen MR) is 251 cm³/mol. The Bertz CT molecular complexity index is 2050. The second-order valence-electron chi connectivity index (χ2n) is 21.9. The van der Waals surface area contributed by atoms with Crippen LogP contribution in [0.5, 0.6) is 23.0 Å². The molecular weight excluding hydrogens is 773 g/mol. The molecule has 2 amide bonds. The second kappa shape index (κ2) is 18.0. The average molecular weight is 845 g/mol. The Balaban J connectivity index is 1.73. The number of hydrogen-bond donors (Lipinski definition) is 4. The van der Waals surface area contributed by atoms with E-state index in [1.165, 1.54) is 0 Å². The van der Waals surface area contributed by atoms with E-state index < -0.39 is 0 Å². The first kappa shape index (κ1) is 46.5. The Hall–Kier alpha value is -4.98. The zero-order chi connectivity index (χ0) is 45.4. The minimum absolute atomic E-state index is 0.174. The fraction of sp³-hybridized carbons (Fsp3) is 0.519. The van der Waals surface area contributed by atoms with Crippen molar-refractivity contribution in [2.45, 2.75) is 156 Å². The number of carbonyl (C=O) groups is 2. The van der Waals surface area contributed by atoms with E-state index in [4.69, 9.17) is 9.47 Å². The topological polar surface area (TPSA) is 117 Å². The number of aromatic hydroxyl groups is 2. The van der Waals surface area contributed by atoms with E-state index in [0.29, 0.717) is 50.3 Å². The van der Waals surface area contributed by atoms with Crippen LogP contribution in [0.15, 0.2) is 48.5 Å². The Labute approximate surface area is 371 Å². The summed E-state index contributed by atoms with van der Waals surface area (Å²) >= 11 is 0. The summed E-state index contributed by atoms with van der Waals surface area (Å²) in [5, 5.41) is 31.1. The number of rotatable bonds is 0. The molecule has 8 nitrogen and oxygen atoms in total. The fourth-order valence-electron chi connectivity index (χ4n) is 8.45. The van der Waals surface area contributed by atoms with Crippen molar-refractivity contribution in [2.75, 3.05) is 26.3 Å². The molecule has 4 aromatic carbocycles. The summed E-state index contributed by atoms with van der Waals surface area (Å²) in [4.78, 5) is 26.9. The zero-order valence-electron chi connectivity index (χ0n) is 39.6. The van der Waals surface area contributed by atoms with Gasteiger partial charge < -0.3 is 30.3 Å². The van der Waals surface area contributed by atoms with Crippen molar-refractivity contribution in [1.82, 2.24) is 10.6 Å². The number of carbonyl (C=O) groups excluding carboxylic acids is 2. The van der Waals surface area contributed by atoms with Crippen molar-refractivity contribution in [2.24, 2.45) is 0 Å². The van der Waals surface area contributed by atoms with E-state index in [0.717, 1.165) is 92.4 Å². The molecule has 0 spiro atoms. The molecule has 0 saturated carbocycles. The molecule has 1 aliphatic carbocycles. The van der Waals surface area contributed by atoms with Gasteiger partial charge in [0.1, 0.15) is 23.0 Å². The van der Waals surface area contributed by atoms with Gasteiger partial charge in [-0.3, -0.25) is 9.59 Å². The third-order valence-corrected chi connectivity index (χ3v) is 12.5. The molecule has 4 aromatic rings. The van der Waals surface area contributed by atoms with Gasteiger partial charge >= 0.3 is 0 Å². The maximum absolute atomic E-state index is 13.4. The van der Waals surface area contributed by atoms with Crippen molar-refractivity contribution in [1.29, 1.82) is 0 Å². The highest BCUT2D eigenvalue weighted by Gasteiger charge is 2.29. The first-order valence-electron chi connectivity index (χ1n) is 22.7. The van der Waals surface area contributed by atoms with Gasteiger partial charge in [-0.15, -0.1) is 0 Å². The lowest BCUT2D eigenvalue weighted by atomic mass is 9.79. The third kappa shape index (κ3) is 11.1. The third-order valence-electron chi connectivity index (χ3n) is 12.5. The summed E-state index contributed by atoms with van der Waals surface area (Å²) in [5.41, 5.74) is 9.76. The molecule has 1 heterocycles. The standard InChI is InChI=1S/C54H72N2O6/c1-51(2,3)41-23-33-19-37-27-43(53(7,8)9)29-39-21-35-25-42(52(4,5)6)26-36(48(35)60)22-40-30-44(54(10,11)12)28-38(20-34(24-41)47(33)59)50(40)62-32-46(58)56-18-16-14-13-15-17-55-45(57)31-61-49(37)39/h23-30,59-60H,13-22,31-32H2,1-12H3,(H,55,57)(H,56,58). The van der Waals surface area contributed by atoms with E-state index in [1.807, 2.05) is 0 Å². The first-order chi connectivity index (χ1) is 28.9. The van der Waals surface area contributed by atoms with Crippen molar-refractivity contribution >= 4 is 11.8 Å². The number of phenols is 2. The van der Waals surface area contributed by atoms with E-state index in [2.05, 4.69) is 142 Å². The Morgan fingerprint density at radius 2 is 0.645 bits per heavy atom. The minimum atomic E-state index is -0.252. The van der Waals surface area contributed by atoms with Gasteiger partial charge in [-0.2, -0.15) is 0 Å². The quantitative estimate of drug-likeness (QED) is 0.123. The summed E-state index contributed by atoms with van der Waals surface area (Å²) < 4.78 is 13.3. The largest absolute Gasteiger partial charge is 0.507 e. The highest BCUT2D eigenvalue weighted by atomic mass is 16.5. The lowest BCUT2D eigenvalue weighted by molar-refractivity contribution is -0.123. The molecule has 2 aliphatic rings. The van der Waals surface area contributed by atoms with Crippen LogP contribution in [0.2, 0.25) is 0 Å². The smallest absolute Gasteiger partial charge is 0.257 e. The summed E-state index contributed by atoms with van der Waals surface area (Å²) in [6.45, 7) is 26.9. The van der Waals surface area contributed by atoms with Gasteiger partial charge in [0.25, 0.3) is 11.8 Å². The Morgan fingerprint density at radius 1 is 0.403 bits per heavy atom. The SMILES string of the molecule is CC(C)(C)c1cc2c(O)c(c1)Cc1cc(C(C)(C)C)cc3c1OCC(=O)NCCCCCCNC(=O)COc1c(cc(C(C)(C)C)cc1Cc1cc(C(C)(C)C)cc(c1O)C3)C2. The van der Waals surface area contributed by atoms with Crippen LogP contribution in [0.4, 0.5) is 0 Å². The average Bonchev–Trinajstić information content (AvgIpc) is 3.15. The molecule has 0 saturated heterocycles. The molecule has 4 N–H and O–H groups in total. The minimum Gasteiger partial charge on any atom is -0.507 e. The number of benzene rings is 4. The van der Waals surface area contributed by atoms with Crippen LogP contribution in [-0.4, -0.2) is 48.3 Å². The highest BCUT2D eigenvalue weighted by molar-refractivity contribution is 5.78. The normalized spacial score (nSPS) is 16.3. The zero-order valence-corrected chi connectivity index (χ0v) is 39.6. The highest BCUT2D eigenvalue weighted by Crippen LogP contribution is 2.43. The molecule has 1 aliphatic heterocycles. The van der Waals surface area contributed by atoms with Gasteiger partial charge in [0.05, 0.1) is 0 Å². The van der Waals surface area contributed by atoms with Gasteiger partial charge in [-0.1, -0.05) is 144 Å². The lowest BCUT2D eigenvalue weighted by Gasteiger charge is -2.28. The van der Waals surface area contributed by atoms with Crippen molar-refractivity contribution < 1.29 is 29.3 Å². The number of nitrogens with one attached hydrogen (secondary N) is 2. The van der Waals surface area contributed by atoms with Gasteiger partial charge in [-0.25, -0.2) is 0 Å². The molecule has 0 aromatic heterocycles. The van der Waals surface area contributed by atoms with Crippen LogP contribution >= 0.6 is 0 Å². The summed E-state index contributed by atoms with van der Waals surface area (Å²) in [7, 11) is 0. The van der Waals surface area contributed by atoms with Crippen LogP contribution < -0.4 is 20.1 Å². The summed E-state index contributed by atoms with van der Waals surface area (Å²) in [6, 6.07) is 17.1. The van der Waals surface area contributed by atoms with E-state index >= 15 is 0 Å². The molecule has 334 valence electrons.